The summed E-state index contributed by atoms with van der Waals surface area (Å²) < 4.78 is 27.0. The van der Waals surface area contributed by atoms with E-state index < -0.39 is 22.0 Å². The third-order valence-corrected chi connectivity index (χ3v) is 5.49. The summed E-state index contributed by atoms with van der Waals surface area (Å²) in [6.07, 6.45) is 1.44. The zero-order valence-electron chi connectivity index (χ0n) is 14.2. The topological polar surface area (TPSA) is 127 Å². The summed E-state index contributed by atoms with van der Waals surface area (Å²) in [4.78, 5) is 11.7. The van der Waals surface area contributed by atoms with Crippen molar-refractivity contribution in [1.29, 1.82) is 0 Å². The number of aliphatic carboxylic acids is 1. The van der Waals surface area contributed by atoms with Crippen LogP contribution in [-0.2, 0) is 14.8 Å². The smallest absolute Gasteiger partial charge is 0.322 e. The molecule has 0 aliphatic rings. The van der Waals surface area contributed by atoms with Crippen LogP contribution in [0.2, 0.25) is 0 Å². The van der Waals surface area contributed by atoms with Crippen molar-refractivity contribution in [3.05, 3.63) is 24.3 Å². The van der Waals surface area contributed by atoms with E-state index in [1.54, 1.807) is 0 Å². The van der Waals surface area contributed by atoms with Gasteiger partial charge in [0.05, 0.1) is 4.90 Å². The summed E-state index contributed by atoms with van der Waals surface area (Å²) in [5, 5.41) is 9.55. The second-order valence-corrected chi connectivity index (χ2v) is 8.07. The van der Waals surface area contributed by atoms with Crippen LogP contribution in [0.1, 0.15) is 33.1 Å². The Bertz CT molecular complexity index is 629. The molecular formula is C16H27N3O4S. The monoisotopic (exact) mass is 357 g/mol. The van der Waals surface area contributed by atoms with Crippen molar-refractivity contribution < 1.29 is 18.3 Å². The summed E-state index contributed by atoms with van der Waals surface area (Å²) in [5.41, 5.74) is 11.5. The molecular weight excluding hydrogens is 330 g/mol. The molecule has 0 fully saturated rings. The Balaban J connectivity index is 3.21. The van der Waals surface area contributed by atoms with Gasteiger partial charge < -0.3 is 16.6 Å². The standard InChI is InChI=1S/C16H27N3O4S/c1-12(2)11-19(15(16(20)21)5-3-4-10-17)24(22,23)14-8-6-13(18)7-9-14/h6-9,12,15H,3-5,10-11,17-18H2,1-2H3,(H,20,21)/t15-/m0/s1. The van der Waals surface area contributed by atoms with Crippen molar-refractivity contribution in [3.8, 4) is 0 Å². The highest BCUT2D eigenvalue weighted by Gasteiger charge is 2.35. The van der Waals surface area contributed by atoms with Gasteiger partial charge in [-0.1, -0.05) is 13.8 Å². The predicted molar refractivity (Wildman–Crippen MR) is 93.9 cm³/mol. The Morgan fingerprint density at radius 2 is 1.79 bits per heavy atom. The number of hydrogen-bond acceptors (Lipinski definition) is 5. The number of sulfonamides is 1. The lowest BCUT2D eigenvalue weighted by Gasteiger charge is -2.29. The number of carbonyl (C=O) groups is 1. The molecule has 1 aromatic carbocycles. The molecule has 0 amide bonds. The van der Waals surface area contributed by atoms with Crippen LogP contribution in [0, 0.1) is 5.92 Å². The van der Waals surface area contributed by atoms with Crippen LogP contribution in [0.25, 0.3) is 0 Å². The fourth-order valence-electron chi connectivity index (χ4n) is 2.40. The summed E-state index contributed by atoms with van der Waals surface area (Å²) >= 11 is 0. The number of carboxylic acids is 1. The first-order chi connectivity index (χ1) is 11.2. The number of nitrogen functional groups attached to an aromatic ring is 1. The molecule has 0 aliphatic heterocycles. The normalized spacial score (nSPS) is 13.4. The Labute approximate surface area is 143 Å². The molecule has 7 nitrogen and oxygen atoms in total. The van der Waals surface area contributed by atoms with Crippen molar-refractivity contribution in [2.75, 3.05) is 18.8 Å². The molecule has 0 spiro atoms. The number of unbranched alkanes of at least 4 members (excludes halogenated alkanes) is 1. The maximum atomic E-state index is 13.0. The summed E-state index contributed by atoms with van der Waals surface area (Å²) in [5.74, 6) is -1.16. The second-order valence-electron chi connectivity index (χ2n) is 6.18. The van der Waals surface area contributed by atoms with Crippen molar-refractivity contribution in [2.45, 2.75) is 44.0 Å². The molecule has 1 aromatic rings. The molecule has 0 bridgehead atoms. The van der Waals surface area contributed by atoms with E-state index >= 15 is 0 Å². The van der Waals surface area contributed by atoms with E-state index in [2.05, 4.69) is 0 Å². The quantitative estimate of drug-likeness (QED) is 0.430. The minimum absolute atomic E-state index is 0.00934. The van der Waals surface area contributed by atoms with E-state index in [9.17, 15) is 18.3 Å². The molecule has 0 radical (unpaired) electrons. The van der Waals surface area contributed by atoms with Gasteiger partial charge in [-0.25, -0.2) is 8.42 Å². The number of nitrogens with two attached hydrogens (primary N) is 2. The van der Waals surface area contributed by atoms with Crippen LogP contribution in [0.3, 0.4) is 0 Å². The van der Waals surface area contributed by atoms with Gasteiger partial charge in [0.15, 0.2) is 0 Å². The fourth-order valence-corrected chi connectivity index (χ4v) is 4.18. The van der Waals surface area contributed by atoms with E-state index in [1.807, 2.05) is 13.8 Å². The van der Waals surface area contributed by atoms with Gasteiger partial charge in [0, 0.05) is 12.2 Å². The average molecular weight is 357 g/mol. The number of benzene rings is 1. The minimum Gasteiger partial charge on any atom is -0.480 e. The third-order valence-electron chi connectivity index (χ3n) is 3.60. The maximum Gasteiger partial charge on any atom is 0.322 e. The van der Waals surface area contributed by atoms with Gasteiger partial charge in [0.25, 0.3) is 0 Å². The van der Waals surface area contributed by atoms with Crippen LogP contribution in [0.5, 0.6) is 0 Å². The van der Waals surface area contributed by atoms with Crippen molar-refractivity contribution in [2.24, 2.45) is 11.7 Å². The highest BCUT2D eigenvalue weighted by Crippen LogP contribution is 2.23. The maximum absolute atomic E-state index is 13.0. The summed E-state index contributed by atoms with van der Waals surface area (Å²) in [6.45, 7) is 4.28. The molecule has 1 rings (SSSR count). The lowest BCUT2D eigenvalue weighted by Crippen LogP contribution is -2.46. The largest absolute Gasteiger partial charge is 0.480 e. The van der Waals surface area contributed by atoms with Crippen molar-refractivity contribution in [3.63, 3.8) is 0 Å². The number of hydrogen-bond donors (Lipinski definition) is 3. The van der Waals surface area contributed by atoms with Gasteiger partial charge in [-0.3, -0.25) is 4.79 Å². The van der Waals surface area contributed by atoms with Gasteiger partial charge in [-0.05, 0) is 56.0 Å². The van der Waals surface area contributed by atoms with Crippen LogP contribution in [-0.4, -0.2) is 42.9 Å². The first-order valence-electron chi connectivity index (χ1n) is 8.00. The van der Waals surface area contributed by atoms with Crippen LogP contribution in [0.4, 0.5) is 5.69 Å². The molecule has 0 aliphatic carbocycles. The zero-order chi connectivity index (χ0) is 18.3. The number of nitrogens with zero attached hydrogens (tertiary/aromatic N) is 1. The van der Waals surface area contributed by atoms with Gasteiger partial charge >= 0.3 is 5.97 Å². The SMILES string of the molecule is CC(C)CN([C@@H](CCCCN)C(=O)O)S(=O)(=O)c1ccc(N)cc1. The molecule has 0 saturated carbocycles. The number of anilines is 1. The molecule has 0 heterocycles. The second kappa shape index (κ2) is 9.00. The number of rotatable bonds is 10. The summed E-state index contributed by atoms with van der Waals surface area (Å²) in [7, 11) is -3.93. The van der Waals surface area contributed by atoms with E-state index in [4.69, 9.17) is 11.5 Å². The average Bonchev–Trinajstić information content (AvgIpc) is 2.49. The molecule has 24 heavy (non-hydrogen) atoms. The summed E-state index contributed by atoms with van der Waals surface area (Å²) in [6, 6.07) is 4.67. The molecule has 0 unspecified atom stereocenters. The lowest BCUT2D eigenvalue weighted by molar-refractivity contribution is -0.141. The molecule has 5 N–H and O–H groups in total. The van der Waals surface area contributed by atoms with E-state index in [1.165, 1.54) is 24.3 Å². The Morgan fingerprint density at radius 3 is 2.25 bits per heavy atom. The lowest BCUT2D eigenvalue weighted by atomic mass is 10.1. The molecule has 0 aromatic heterocycles. The molecule has 0 saturated heterocycles. The van der Waals surface area contributed by atoms with Crippen LogP contribution in [0.15, 0.2) is 29.2 Å². The van der Waals surface area contributed by atoms with Gasteiger partial charge in [0.1, 0.15) is 6.04 Å². The van der Waals surface area contributed by atoms with E-state index in [-0.39, 0.29) is 23.8 Å². The molecule has 136 valence electrons. The zero-order valence-corrected chi connectivity index (χ0v) is 15.0. The number of carboxylic acid groups (broad SMARTS) is 1. The van der Waals surface area contributed by atoms with E-state index in [0.717, 1.165) is 4.31 Å². The first kappa shape index (κ1) is 20.4. The Kier molecular flexibility index (Phi) is 7.65. The van der Waals surface area contributed by atoms with Crippen molar-refractivity contribution in [1.82, 2.24) is 4.31 Å². The third kappa shape index (κ3) is 5.47. The highest BCUT2D eigenvalue weighted by atomic mass is 32.2. The van der Waals surface area contributed by atoms with E-state index in [0.29, 0.717) is 25.1 Å². The Morgan fingerprint density at radius 1 is 1.21 bits per heavy atom. The fraction of sp³-hybridized carbons (Fsp3) is 0.562. The van der Waals surface area contributed by atoms with Gasteiger partial charge in [-0.15, -0.1) is 0 Å². The van der Waals surface area contributed by atoms with Gasteiger partial charge in [0.2, 0.25) is 10.0 Å². The minimum atomic E-state index is -3.93. The highest BCUT2D eigenvalue weighted by molar-refractivity contribution is 7.89. The first-order valence-corrected chi connectivity index (χ1v) is 9.44. The molecule has 1 atom stereocenters. The van der Waals surface area contributed by atoms with Crippen molar-refractivity contribution >= 4 is 21.7 Å². The Hall–Kier alpha value is -1.64. The van der Waals surface area contributed by atoms with Crippen LogP contribution < -0.4 is 11.5 Å². The predicted octanol–water partition coefficient (Wildman–Crippen LogP) is 1.50. The van der Waals surface area contributed by atoms with Gasteiger partial charge in [-0.2, -0.15) is 4.31 Å². The molecule has 8 heteroatoms. The van der Waals surface area contributed by atoms with Crippen LogP contribution >= 0.6 is 0 Å².